The van der Waals surface area contributed by atoms with Crippen molar-refractivity contribution in [2.45, 2.75) is 83.5 Å². The van der Waals surface area contributed by atoms with Crippen molar-refractivity contribution < 1.29 is 19.1 Å². The standard InChI is InChI=1S/C35H41N5O4/c1-35(2,3)44-34(43)40-22-25-13-10-17-36-29(25)21-26(40)23-38(30-16-8-11-24-12-9-18-37-31(24)30)19-6-7-20-39-32(41)27-14-4-5-15-28(27)33(39)42/h4-5,9-10,12-15,17-18,26,30H,6-8,11,16,19-23H2,1-3H3/t26-,30-/m0/s1. The Kier molecular flexibility index (Phi) is 8.49. The highest BCUT2D eigenvalue weighted by atomic mass is 16.6. The Balaban J connectivity index is 1.21. The van der Waals surface area contributed by atoms with Crippen LogP contribution in [0.5, 0.6) is 0 Å². The molecule has 2 atom stereocenters. The molecule has 9 heteroatoms. The van der Waals surface area contributed by atoms with Gasteiger partial charge in [0, 0.05) is 37.6 Å². The van der Waals surface area contributed by atoms with E-state index in [1.807, 2.05) is 56.3 Å². The summed E-state index contributed by atoms with van der Waals surface area (Å²) in [5, 5.41) is 0. The van der Waals surface area contributed by atoms with Gasteiger partial charge in [-0.15, -0.1) is 0 Å². The van der Waals surface area contributed by atoms with Crippen molar-refractivity contribution in [2.75, 3.05) is 19.6 Å². The Morgan fingerprint density at radius 3 is 2.39 bits per heavy atom. The van der Waals surface area contributed by atoms with E-state index in [9.17, 15) is 14.4 Å². The molecular formula is C35H41N5O4. The molecule has 0 radical (unpaired) electrons. The third kappa shape index (κ3) is 6.24. The number of carbonyl (C=O) groups excluding carboxylic acids is 3. The van der Waals surface area contributed by atoms with Crippen molar-refractivity contribution in [3.8, 4) is 0 Å². The third-order valence-corrected chi connectivity index (χ3v) is 8.83. The second-order valence-corrected chi connectivity index (χ2v) is 13.0. The van der Waals surface area contributed by atoms with Gasteiger partial charge in [-0.3, -0.25) is 34.3 Å². The lowest BCUT2D eigenvalue weighted by molar-refractivity contribution is 0.00427. The summed E-state index contributed by atoms with van der Waals surface area (Å²) in [4.78, 5) is 54.6. The first-order valence-electron chi connectivity index (χ1n) is 15.7. The van der Waals surface area contributed by atoms with Gasteiger partial charge in [0.05, 0.1) is 35.4 Å². The van der Waals surface area contributed by atoms with Gasteiger partial charge in [0.2, 0.25) is 0 Å². The lowest BCUT2D eigenvalue weighted by Gasteiger charge is -2.42. The fourth-order valence-corrected chi connectivity index (χ4v) is 6.75. The molecule has 0 N–H and O–H groups in total. The lowest BCUT2D eigenvalue weighted by Crippen LogP contribution is -2.52. The number of ether oxygens (including phenoxy) is 1. The SMILES string of the molecule is CC(C)(C)OC(=O)N1Cc2cccnc2C[C@H]1CN(CCCCN1C(=O)c2ccccc2C1=O)[C@H]1CCCc2cccnc21. The maximum absolute atomic E-state index is 13.5. The van der Waals surface area contributed by atoms with Gasteiger partial charge in [-0.25, -0.2) is 4.79 Å². The Morgan fingerprint density at radius 1 is 0.955 bits per heavy atom. The molecule has 0 spiro atoms. The second-order valence-electron chi connectivity index (χ2n) is 13.0. The van der Waals surface area contributed by atoms with E-state index in [0.717, 1.165) is 49.2 Å². The van der Waals surface area contributed by atoms with Gasteiger partial charge in [-0.2, -0.15) is 0 Å². The first kappa shape index (κ1) is 29.9. The van der Waals surface area contributed by atoms with Crippen LogP contribution in [0.2, 0.25) is 0 Å². The molecule has 44 heavy (non-hydrogen) atoms. The zero-order chi connectivity index (χ0) is 30.8. The fourth-order valence-electron chi connectivity index (χ4n) is 6.75. The van der Waals surface area contributed by atoms with Crippen molar-refractivity contribution >= 4 is 17.9 Å². The first-order valence-corrected chi connectivity index (χ1v) is 15.7. The molecule has 4 heterocycles. The lowest BCUT2D eigenvalue weighted by atomic mass is 9.89. The van der Waals surface area contributed by atoms with Crippen LogP contribution in [0.1, 0.15) is 95.7 Å². The highest BCUT2D eigenvalue weighted by Gasteiger charge is 2.38. The van der Waals surface area contributed by atoms with Gasteiger partial charge in [0.15, 0.2) is 0 Å². The zero-order valence-electron chi connectivity index (χ0n) is 25.9. The van der Waals surface area contributed by atoms with E-state index in [4.69, 9.17) is 9.72 Å². The van der Waals surface area contributed by atoms with Gasteiger partial charge in [-0.1, -0.05) is 24.3 Å². The number of aryl methyl sites for hydroxylation is 1. The summed E-state index contributed by atoms with van der Waals surface area (Å²) in [6, 6.07) is 15.1. The summed E-state index contributed by atoms with van der Waals surface area (Å²) in [5.74, 6) is -0.427. The van der Waals surface area contributed by atoms with Crippen LogP contribution in [-0.2, 0) is 24.1 Å². The number of carbonyl (C=O) groups is 3. The second kappa shape index (κ2) is 12.5. The van der Waals surface area contributed by atoms with Crippen LogP contribution in [0.25, 0.3) is 0 Å². The van der Waals surface area contributed by atoms with E-state index in [1.54, 1.807) is 24.3 Å². The summed E-state index contributed by atoms with van der Waals surface area (Å²) in [7, 11) is 0. The molecule has 3 aliphatic rings. The number of fused-ring (bicyclic) bond motifs is 3. The van der Waals surface area contributed by atoms with Crippen LogP contribution in [0.15, 0.2) is 60.9 Å². The van der Waals surface area contributed by atoms with Crippen molar-refractivity contribution in [3.63, 3.8) is 0 Å². The molecule has 1 aromatic carbocycles. The topological polar surface area (TPSA) is 95.9 Å². The summed E-state index contributed by atoms with van der Waals surface area (Å²) in [5.41, 5.74) is 4.82. The Bertz CT molecular complexity index is 1510. The first-order chi connectivity index (χ1) is 21.2. The summed E-state index contributed by atoms with van der Waals surface area (Å²) in [6.45, 7) is 7.90. The van der Waals surface area contributed by atoms with E-state index in [-0.39, 0.29) is 30.0 Å². The number of benzene rings is 1. The highest BCUT2D eigenvalue weighted by Crippen LogP contribution is 2.35. The molecule has 1 aliphatic carbocycles. The number of nitrogens with zero attached hydrogens (tertiary/aromatic N) is 5. The third-order valence-electron chi connectivity index (χ3n) is 8.83. The van der Waals surface area contributed by atoms with Gasteiger partial charge in [0.1, 0.15) is 5.60 Å². The van der Waals surface area contributed by atoms with E-state index in [1.165, 1.54) is 10.5 Å². The Labute approximate surface area is 259 Å². The van der Waals surface area contributed by atoms with Gasteiger partial charge in [-0.05, 0) is 94.8 Å². The molecular weight excluding hydrogens is 554 g/mol. The molecule has 3 amide bonds. The molecule has 0 saturated heterocycles. The number of pyridine rings is 2. The highest BCUT2D eigenvalue weighted by molar-refractivity contribution is 6.21. The number of amides is 3. The molecule has 2 aromatic heterocycles. The average molecular weight is 596 g/mol. The molecule has 0 fully saturated rings. The van der Waals surface area contributed by atoms with Crippen LogP contribution < -0.4 is 0 Å². The number of rotatable bonds is 8. The number of imide groups is 1. The van der Waals surface area contributed by atoms with Crippen LogP contribution in [0, 0.1) is 0 Å². The number of hydrogen-bond acceptors (Lipinski definition) is 7. The minimum absolute atomic E-state index is 0.116. The smallest absolute Gasteiger partial charge is 0.410 e. The maximum Gasteiger partial charge on any atom is 0.410 e. The number of aromatic nitrogens is 2. The summed E-state index contributed by atoms with van der Waals surface area (Å²) in [6.07, 6.45) is 8.55. The molecule has 230 valence electrons. The van der Waals surface area contributed by atoms with Crippen LogP contribution in [-0.4, -0.2) is 73.9 Å². The molecule has 0 bridgehead atoms. The average Bonchev–Trinajstić information content (AvgIpc) is 3.25. The molecule has 0 unspecified atom stereocenters. The quantitative estimate of drug-likeness (QED) is 0.247. The number of unbranched alkanes of at least 4 members (excludes halogenated alkanes) is 1. The van der Waals surface area contributed by atoms with Crippen molar-refractivity contribution in [1.82, 2.24) is 24.7 Å². The van der Waals surface area contributed by atoms with E-state index in [2.05, 4.69) is 16.0 Å². The largest absolute Gasteiger partial charge is 0.444 e. The molecule has 6 rings (SSSR count). The van der Waals surface area contributed by atoms with Crippen molar-refractivity contribution in [1.29, 1.82) is 0 Å². The monoisotopic (exact) mass is 595 g/mol. The molecule has 3 aromatic rings. The zero-order valence-corrected chi connectivity index (χ0v) is 25.9. The van der Waals surface area contributed by atoms with Crippen LogP contribution in [0.4, 0.5) is 4.79 Å². The van der Waals surface area contributed by atoms with E-state index < -0.39 is 5.60 Å². The predicted octanol–water partition coefficient (Wildman–Crippen LogP) is 5.59. The summed E-state index contributed by atoms with van der Waals surface area (Å²) >= 11 is 0. The van der Waals surface area contributed by atoms with Crippen molar-refractivity contribution in [2.24, 2.45) is 0 Å². The predicted molar refractivity (Wildman–Crippen MR) is 166 cm³/mol. The number of hydrogen-bond donors (Lipinski definition) is 0. The molecule has 2 aliphatic heterocycles. The minimum atomic E-state index is -0.604. The van der Waals surface area contributed by atoms with Gasteiger partial charge in [0.25, 0.3) is 11.8 Å². The summed E-state index contributed by atoms with van der Waals surface area (Å²) < 4.78 is 5.87. The maximum atomic E-state index is 13.5. The molecule has 0 saturated carbocycles. The fraction of sp³-hybridized carbons (Fsp3) is 0.457. The Hall–Kier alpha value is -4.11. The normalized spacial score (nSPS) is 19.5. The molecule has 9 nitrogen and oxygen atoms in total. The van der Waals surface area contributed by atoms with E-state index >= 15 is 0 Å². The Morgan fingerprint density at radius 2 is 1.66 bits per heavy atom. The minimum Gasteiger partial charge on any atom is -0.444 e. The van der Waals surface area contributed by atoms with Gasteiger partial charge < -0.3 is 4.74 Å². The van der Waals surface area contributed by atoms with Crippen molar-refractivity contribution in [3.05, 3.63) is 94.6 Å². The van der Waals surface area contributed by atoms with Gasteiger partial charge >= 0.3 is 6.09 Å². The van der Waals surface area contributed by atoms with E-state index in [0.29, 0.717) is 43.6 Å². The van der Waals surface area contributed by atoms with Crippen LogP contribution >= 0.6 is 0 Å². The van der Waals surface area contributed by atoms with Crippen LogP contribution in [0.3, 0.4) is 0 Å².